The van der Waals surface area contributed by atoms with Crippen LogP contribution in [0.2, 0.25) is 0 Å². The van der Waals surface area contributed by atoms with Gasteiger partial charge in [-0.25, -0.2) is 0 Å². The highest BCUT2D eigenvalue weighted by atomic mass is 16.5. The van der Waals surface area contributed by atoms with Crippen LogP contribution in [-0.2, 0) is 4.74 Å². The van der Waals surface area contributed by atoms with Gasteiger partial charge in [-0.1, -0.05) is 12.8 Å². The normalized spacial score (nSPS) is 34.6. The molecule has 1 saturated heterocycles. The lowest BCUT2D eigenvalue weighted by Gasteiger charge is -2.43. The number of ether oxygens (including phenoxy) is 1. The van der Waals surface area contributed by atoms with Crippen LogP contribution >= 0.6 is 0 Å². The second-order valence-electron chi connectivity index (χ2n) is 7.37. The molecule has 0 aromatic carbocycles. The third-order valence-electron chi connectivity index (χ3n) is 5.99. The first-order chi connectivity index (χ1) is 9.30. The molecule has 2 aliphatic carbocycles. The molecule has 0 bridgehead atoms. The summed E-state index contributed by atoms with van der Waals surface area (Å²) < 4.78 is 5.53. The van der Waals surface area contributed by atoms with E-state index in [-0.39, 0.29) is 0 Å². The Morgan fingerprint density at radius 1 is 1.00 bits per heavy atom. The van der Waals surface area contributed by atoms with E-state index in [0.29, 0.717) is 0 Å². The highest BCUT2D eigenvalue weighted by molar-refractivity contribution is 4.91. The first kappa shape index (κ1) is 13.9. The summed E-state index contributed by atoms with van der Waals surface area (Å²) >= 11 is 0. The van der Waals surface area contributed by atoms with Crippen molar-refractivity contribution >= 4 is 0 Å². The summed E-state index contributed by atoms with van der Waals surface area (Å²) in [5.41, 5.74) is 0.785. The quantitative estimate of drug-likeness (QED) is 0.751. The maximum atomic E-state index is 5.53. The molecule has 0 radical (unpaired) electrons. The molecule has 2 saturated carbocycles. The van der Waals surface area contributed by atoms with Crippen molar-refractivity contribution in [2.24, 2.45) is 17.3 Å². The third-order valence-corrected chi connectivity index (χ3v) is 5.99. The van der Waals surface area contributed by atoms with Crippen LogP contribution in [0.15, 0.2) is 0 Å². The molecule has 3 fully saturated rings. The zero-order chi connectivity index (χ0) is 13.1. The van der Waals surface area contributed by atoms with Gasteiger partial charge < -0.3 is 9.64 Å². The predicted molar refractivity (Wildman–Crippen MR) is 79.3 cm³/mol. The first-order valence-electron chi connectivity index (χ1n) is 8.60. The third kappa shape index (κ3) is 3.33. The van der Waals surface area contributed by atoms with Gasteiger partial charge in [0.1, 0.15) is 0 Å². The minimum absolute atomic E-state index is 0.785. The zero-order valence-electron chi connectivity index (χ0n) is 12.7. The number of nitrogens with zero attached hydrogens (tertiary/aromatic N) is 1. The fourth-order valence-corrected chi connectivity index (χ4v) is 4.64. The summed E-state index contributed by atoms with van der Waals surface area (Å²) in [7, 11) is 0. The Hall–Kier alpha value is -0.0800. The highest BCUT2D eigenvalue weighted by Gasteiger charge is 2.38. The van der Waals surface area contributed by atoms with E-state index in [9.17, 15) is 0 Å². The molecule has 110 valence electrons. The van der Waals surface area contributed by atoms with Crippen molar-refractivity contribution in [3.8, 4) is 0 Å². The van der Waals surface area contributed by atoms with Crippen LogP contribution in [0.4, 0.5) is 0 Å². The molecule has 19 heavy (non-hydrogen) atoms. The van der Waals surface area contributed by atoms with Crippen LogP contribution in [-0.4, -0.2) is 37.7 Å². The number of rotatable bonds is 5. The Morgan fingerprint density at radius 2 is 1.68 bits per heavy atom. The lowest BCUT2D eigenvalue weighted by Crippen LogP contribution is -2.44. The number of piperidine rings is 1. The van der Waals surface area contributed by atoms with Gasteiger partial charge in [-0.05, 0) is 75.8 Å². The molecular weight excluding hydrogens is 234 g/mol. The number of likely N-dealkylation sites (tertiary alicyclic amines) is 1. The summed E-state index contributed by atoms with van der Waals surface area (Å²) in [6.07, 6.45) is 11.9. The SMILES string of the molecule is CCOCC1CC(CN2CCC3(CCCC3)CC2)C1. The number of hydrogen-bond donors (Lipinski definition) is 0. The van der Waals surface area contributed by atoms with E-state index in [1.807, 2.05) is 0 Å². The standard InChI is InChI=1S/C17H31NO/c1-2-19-14-16-11-15(12-16)13-18-9-7-17(8-10-18)5-3-4-6-17/h15-16H,2-14H2,1H3. The fraction of sp³-hybridized carbons (Fsp3) is 1.00. The van der Waals surface area contributed by atoms with E-state index < -0.39 is 0 Å². The van der Waals surface area contributed by atoms with Crippen molar-refractivity contribution < 1.29 is 4.74 Å². The molecule has 1 heterocycles. The van der Waals surface area contributed by atoms with Crippen LogP contribution in [0, 0.1) is 17.3 Å². The molecule has 0 N–H and O–H groups in total. The van der Waals surface area contributed by atoms with Gasteiger partial charge in [-0.15, -0.1) is 0 Å². The Balaban J connectivity index is 1.33. The molecule has 2 heteroatoms. The average molecular weight is 265 g/mol. The van der Waals surface area contributed by atoms with Gasteiger partial charge in [0.05, 0.1) is 0 Å². The second kappa shape index (κ2) is 6.13. The molecule has 3 aliphatic rings. The maximum Gasteiger partial charge on any atom is 0.0494 e. The Morgan fingerprint density at radius 3 is 2.32 bits per heavy atom. The highest BCUT2D eigenvalue weighted by Crippen LogP contribution is 2.46. The largest absolute Gasteiger partial charge is 0.381 e. The average Bonchev–Trinajstić information content (AvgIpc) is 2.83. The van der Waals surface area contributed by atoms with Crippen LogP contribution in [0.25, 0.3) is 0 Å². The zero-order valence-corrected chi connectivity index (χ0v) is 12.7. The summed E-state index contributed by atoms with van der Waals surface area (Å²) in [6.45, 7) is 8.13. The van der Waals surface area contributed by atoms with E-state index in [1.54, 1.807) is 0 Å². The van der Waals surface area contributed by atoms with Crippen molar-refractivity contribution in [2.45, 2.75) is 58.3 Å². The van der Waals surface area contributed by atoms with E-state index >= 15 is 0 Å². The molecule has 2 nitrogen and oxygen atoms in total. The molecule has 1 spiro atoms. The molecule has 1 aliphatic heterocycles. The molecule has 3 rings (SSSR count). The first-order valence-corrected chi connectivity index (χ1v) is 8.60. The van der Waals surface area contributed by atoms with Gasteiger partial charge in [0.15, 0.2) is 0 Å². The van der Waals surface area contributed by atoms with Gasteiger partial charge in [0, 0.05) is 19.8 Å². The second-order valence-corrected chi connectivity index (χ2v) is 7.37. The van der Waals surface area contributed by atoms with Crippen molar-refractivity contribution in [2.75, 3.05) is 32.8 Å². The molecule has 0 unspecified atom stereocenters. The smallest absolute Gasteiger partial charge is 0.0494 e. The van der Waals surface area contributed by atoms with Gasteiger partial charge in [0.2, 0.25) is 0 Å². The summed E-state index contributed by atoms with van der Waals surface area (Å²) in [6, 6.07) is 0. The monoisotopic (exact) mass is 265 g/mol. The fourth-order valence-electron chi connectivity index (χ4n) is 4.64. The lowest BCUT2D eigenvalue weighted by atomic mass is 9.73. The minimum Gasteiger partial charge on any atom is -0.381 e. The number of hydrogen-bond acceptors (Lipinski definition) is 2. The minimum atomic E-state index is 0.785. The Kier molecular flexibility index (Phi) is 4.48. The predicted octanol–water partition coefficient (Wildman–Crippen LogP) is 3.71. The van der Waals surface area contributed by atoms with E-state index in [2.05, 4.69) is 11.8 Å². The molecule has 0 amide bonds. The molecule has 0 aromatic rings. The van der Waals surface area contributed by atoms with Crippen molar-refractivity contribution in [1.29, 1.82) is 0 Å². The van der Waals surface area contributed by atoms with Crippen molar-refractivity contribution in [3.63, 3.8) is 0 Å². The molecule has 0 aromatic heterocycles. The topological polar surface area (TPSA) is 12.5 Å². The maximum absolute atomic E-state index is 5.53. The summed E-state index contributed by atoms with van der Waals surface area (Å²) in [5, 5.41) is 0. The van der Waals surface area contributed by atoms with E-state index in [1.165, 1.54) is 71.0 Å². The van der Waals surface area contributed by atoms with Gasteiger partial charge in [-0.2, -0.15) is 0 Å². The summed E-state index contributed by atoms with van der Waals surface area (Å²) in [5.74, 6) is 1.85. The van der Waals surface area contributed by atoms with Crippen LogP contribution in [0.3, 0.4) is 0 Å². The van der Waals surface area contributed by atoms with Crippen LogP contribution < -0.4 is 0 Å². The van der Waals surface area contributed by atoms with Crippen LogP contribution in [0.1, 0.15) is 58.3 Å². The van der Waals surface area contributed by atoms with Gasteiger partial charge in [0.25, 0.3) is 0 Å². The lowest BCUT2D eigenvalue weighted by molar-refractivity contribution is 0.0231. The van der Waals surface area contributed by atoms with Gasteiger partial charge >= 0.3 is 0 Å². The van der Waals surface area contributed by atoms with Gasteiger partial charge in [-0.3, -0.25) is 0 Å². The van der Waals surface area contributed by atoms with Crippen molar-refractivity contribution in [1.82, 2.24) is 4.90 Å². The van der Waals surface area contributed by atoms with Crippen molar-refractivity contribution in [3.05, 3.63) is 0 Å². The van der Waals surface area contributed by atoms with Crippen LogP contribution in [0.5, 0.6) is 0 Å². The Bertz CT molecular complexity index is 269. The summed E-state index contributed by atoms with van der Waals surface area (Å²) in [4.78, 5) is 2.76. The van der Waals surface area contributed by atoms with E-state index in [0.717, 1.165) is 30.5 Å². The van der Waals surface area contributed by atoms with E-state index in [4.69, 9.17) is 4.74 Å². The molecular formula is C17H31NO. The Labute approximate surface area is 118 Å². The molecule has 0 atom stereocenters.